The van der Waals surface area contributed by atoms with E-state index in [1.165, 1.54) is 7.11 Å². The van der Waals surface area contributed by atoms with Crippen molar-refractivity contribution in [2.75, 3.05) is 13.7 Å². The van der Waals surface area contributed by atoms with E-state index in [1.807, 2.05) is 0 Å². The Morgan fingerprint density at radius 3 is 2.77 bits per heavy atom. The number of ether oxygens (including phenoxy) is 2. The highest BCUT2D eigenvalue weighted by atomic mass is 35.5. The lowest BCUT2D eigenvalue weighted by molar-refractivity contribution is 0.114. The lowest BCUT2D eigenvalue weighted by atomic mass is 10.3. The molecule has 1 rings (SSSR count). The topological polar surface area (TPSA) is 38.7 Å². The van der Waals surface area contributed by atoms with Gasteiger partial charge in [0.25, 0.3) is 0 Å². The standard InChI is InChI=1S/C9H11ClO3/c1-12-9(10)6-13-8-5-3-2-4-7(8)11/h2-5,9,11H,6H2,1H3. The molecule has 0 amide bonds. The van der Waals surface area contributed by atoms with Crippen molar-refractivity contribution in [3.05, 3.63) is 24.3 Å². The van der Waals surface area contributed by atoms with Crippen LogP contribution in [0.25, 0.3) is 0 Å². The monoisotopic (exact) mass is 202 g/mol. The molecule has 0 aliphatic rings. The SMILES string of the molecule is COC(Cl)COc1ccccc1O. The summed E-state index contributed by atoms with van der Waals surface area (Å²) < 4.78 is 9.95. The number of alkyl halides is 1. The predicted octanol–water partition coefficient (Wildman–Crippen LogP) is 1.98. The van der Waals surface area contributed by atoms with Crippen molar-refractivity contribution < 1.29 is 14.6 Å². The number of hydrogen-bond donors (Lipinski definition) is 1. The van der Waals surface area contributed by atoms with E-state index in [9.17, 15) is 5.11 Å². The largest absolute Gasteiger partial charge is 0.504 e. The highest BCUT2D eigenvalue weighted by Crippen LogP contribution is 2.24. The van der Waals surface area contributed by atoms with Crippen LogP contribution in [0.5, 0.6) is 11.5 Å². The molecule has 0 spiro atoms. The summed E-state index contributed by atoms with van der Waals surface area (Å²) in [5.74, 6) is 0.507. The first-order chi connectivity index (χ1) is 6.24. The molecule has 72 valence electrons. The van der Waals surface area contributed by atoms with Crippen molar-refractivity contribution in [3.8, 4) is 11.5 Å². The third-order valence-corrected chi connectivity index (χ3v) is 1.80. The fourth-order valence-electron chi connectivity index (χ4n) is 0.803. The highest BCUT2D eigenvalue weighted by Gasteiger charge is 2.05. The van der Waals surface area contributed by atoms with Gasteiger partial charge in [-0.3, -0.25) is 0 Å². The number of methoxy groups -OCH3 is 1. The maximum Gasteiger partial charge on any atom is 0.164 e. The molecule has 0 aliphatic heterocycles. The van der Waals surface area contributed by atoms with Crippen molar-refractivity contribution in [3.63, 3.8) is 0 Å². The zero-order valence-electron chi connectivity index (χ0n) is 7.24. The predicted molar refractivity (Wildman–Crippen MR) is 50.3 cm³/mol. The minimum Gasteiger partial charge on any atom is -0.504 e. The first-order valence-electron chi connectivity index (χ1n) is 3.81. The number of hydrogen-bond acceptors (Lipinski definition) is 3. The van der Waals surface area contributed by atoms with E-state index in [0.29, 0.717) is 5.75 Å². The quantitative estimate of drug-likeness (QED) is 0.759. The summed E-state index contributed by atoms with van der Waals surface area (Å²) in [5, 5.41) is 9.29. The number of para-hydroxylation sites is 2. The molecule has 0 aromatic heterocycles. The van der Waals surface area contributed by atoms with E-state index in [1.54, 1.807) is 24.3 Å². The minimum atomic E-state index is -0.500. The van der Waals surface area contributed by atoms with Crippen LogP contribution >= 0.6 is 11.6 Å². The lowest BCUT2D eigenvalue weighted by Gasteiger charge is -2.10. The number of phenols is 1. The zero-order chi connectivity index (χ0) is 9.68. The molecule has 1 aromatic carbocycles. The van der Waals surface area contributed by atoms with Crippen LogP contribution in [-0.2, 0) is 4.74 Å². The molecule has 0 saturated carbocycles. The molecular formula is C9H11ClO3. The van der Waals surface area contributed by atoms with Gasteiger partial charge >= 0.3 is 0 Å². The van der Waals surface area contributed by atoms with Gasteiger partial charge in [-0.1, -0.05) is 23.7 Å². The smallest absolute Gasteiger partial charge is 0.164 e. The molecule has 13 heavy (non-hydrogen) atoms. The van der Waals surface area contributed by atoms with Crippen LogP contribution in [0.1, 0.15) is 0 Å². The van der Waals surface area contributed by atoms with Crippen LogP contribution in [0.3, 0.4) is 0 Å². The molecule has 0 heterocycles. The second-order valence-corrected chi connectivity index (χ2v) is 2.91. The van der Waals surface area contributed by atoms with Crippen LogP contribution in [0.4, 0.5) is 0 Å². The Bertz CT molecular complexity index is 265. The van der Waals surface area contributed by atoms with Crippen molar-refractivity contribution in [1.29, 1.82) is 0 Å². The van der Waals surface area contributed by atoms with Gasteiger partial charge in [-0.2, -0.15) is 0 Å². The average molecular weight is 203 g/mol. The van der Waals surface area contributed by atoms with Crippen molar-refractivity contribution >= 4 is 11.6 Å². The number of aromatic hydroxyl groups is 1. The fourth-order valence-corrected chi connectivity index (χ4v) is 0.866. The first kappa shape index (κ1) is 10.2. The van der Waals surface area contributed by atoms with Gasteiger partial charge in [0.1, 0.15) is 6.61 Å². The second kappa shape index (κ2) is 4.94. The van der Waals surface area contributed by atoms with Crippen molar-refractivity contribution in [2.24, 2.45) is 0 Å². The summed E-state index contributed by atoms with van der Waals surface area (Å²) in [6.07, 6.45) is 0. The second-order valence-electron chi connectivity index (χ2n) is 2.42. The van der Waals surface area contributed by atoms with Crippen LogP contribution < -0.4 is 4.74 Å². The van der Waals surface area contributed by atoms with Gasteiger partial charge in [0.15, 0.2) is 17.1 Å². The summed E-state index contributed by atoms with van der Waals surface area (Å²) in [5.41, 5.74) is -0.500. The average Bonchev–Trinajstić information content (AvgIpc) is 2.16. The summed E-state index contributed by atoms with van der Waals surface area (Å²) in [6.45, 7) is 0.204. The number of halogens is 1. The Balaban J connectivity index is 2.50. The van der Waals surface area contributed by atoms with Crippen LogP contribution in [0, 0.1) is 0 Å². The van der Waals surface area contributed by atoms with E-state index >= 15 is 0 Å². The lowest BCUT2D eigenvalue weighted by Crippen LogP contribution is -2.13. The van der Waals surface area contributed by atoms with Gasteiger partial charge in [-0.25, -0.2) is 0 Å². The molecule has 1 N–H and O–H groups in total. The molecule has 0 bridgehead atoms. The molecule has 3 nitrogen and oxygen atoms in total. The third-order valence-electron chi connectivity index (χ3n) is 1.49. The summed E-state index contributed by atoms with van der Waals surface area (Å²) in [7, 11) is 1.49. The van der Waals surface area contributed by atoms with Crippen molar-refractivity contribution in [1.82, 2.24) is 0 Å². The maximum atomic E-state index is 9.29. The van der Waals surface area contributed by atoms with E-state index in [0.717, 1.165) is 0 Å². The number of rotatable bonds is 4. The number of benzene rings is 1. The molecule has 1 unspecified atom stereocenters. The molecule has 1 atom stereocenters. The Kier molecular flexibility index (Phi) is 3.86. The summed E-state index contributed by atoms with van der Waals surface area (Å²) >= 11 is 5.64. The molecule has 0 fully saturated rings. The van der Waals surface area contributed by atoms with Crippen LogP contribution in [-0.4, -0.2) is 24.4 Å². The van der Waals surface area contributed by atoms with Gasteiger partial charge in [-0.05, 0) is 12.1 Å². The summed E-state index contributed by atoms with van der Waals surface area (Å²) in [4.78, 5) is 0. The van der Waals surface area contributed by atoms with Gasteiger partial charge in [0.05, 0.1) is 0 Å². The van der Waals surface area contributed by atoms with Gasteiger partial charge in [0.2, 0.25) is 0 Å². The van der Waals surface area contributed by atoms with E-state index in [4.69, 9.17) is 21.1 Å². The summed E-state index contributed by atoms with van der Waals surface area (Å²) in [6, 6.07) is 6.70. The van der Waals surface area contributed by atoms with E-state index in [-0.39, 0.29) is 12.4 Å². The fraction of sp³-hybridized carbons (Fsp3) is 0.333. The van der Waals surface area contributed by atoms with Crippen molar-refractivity contribution in [2.45, 2.75) is 5.56 Å². The first-order valence-corrected chi connectivity index (χ1v) is 4.25. The van der Waals surface area contributed by atoms with Gasteiger partial charge in [0, 0.05) is 7.11 Å². The van der Waals surface area contributed by atoms with Crippen LogP contribution in [0.2, 0.25) is 0 Å². The molecular weight excluding hydrogens is 192 g/mol. The Labute approximate surface area is 81.9 Å². The van der Waals surface area contributed by atoms with E-state index < -0.39 is 5.56 Å². The maximum absolute atomic E-state index is 9.29. The minimum absolute atomic E-state index is 0.0995. The third kappa shape index (κ3) is 3.13. The van der Waals surface area contributed by atoms with Gasteiger partial charge in [-0.15, -0.1) is 0 Å². The molecule has 0 saturated heterocycles. The molecule has 4 heteroatoms. The molecule has 0 aliphatic carbocycles. The normalized spacial score (nSPS) is 12.5. The Morgan fingerprint density at radius 2 is 2.15 bits per heavy atom. The van der Waals surface area contributed by atoms with Crippen LogP contribution in [0.15, 0.2) is 24.3 Å². The zero-order valence-corrected chi connectivity index (χ0v) is 7.99. The number of phenolic OH excluding ortho intramolecular Hbond substituents is 1. The Morgan fingerprint density at radius 1 is 1.46 bits per heavy atom. The Hall–Kier alpha value is -0.930. The van der Waals surface area contributed by atoms with E-state index in [2.05, 4.69) is 0 Å². The van der Waals surface area contributed by atoms with Gasteiger partial charge < -0.3 is 14.6 Å². The highest BCUT2D eigenvalue weighted by molar-refractivity contribution is 6.19. The molecule has 0 radical (unpaired) electrons. The molecule has 1 aromatic rings.